The first-order chi connectivity index (χ1) is 17.2. The van der Waals surface area contributed by atoms with E-state index in [1.54, 1.807) is 7.11 Å². The van der Waals surface area contributed by atoms with E-state index in [4.69, 9.17) is 9.15 Å². The number of ether oxygens (including phenoxy) is 1. The van der Waals surface area contributed by atoms with Gasteiger partial charge in [-0.2, -0.15) is 0 Å². The Hall–Kier alpha value is -3.76. The number of methoxy groups -OCH3 is 1. The summed E-state index contributed by atoms with van der Waals surface area (Å²) in [5.41, 5.74) is 6.50. The van der Waals surface area contributed by atoms with Crippen molar-refractivity contribution in [3.8, 4) is 16.9 Å². The van der Waals surface area contributed by atoms with Crippen molar-refractivity contribution in [3.63, 3.8) is 0 Å². The molecular formula is C31H22BrNO2. The van der Waals surface area contributed by atoms with E-state index < -0.39 is 0 Å². The van der Waals surface area contributed by atoms with Gasteiger partial charge in [0, 0.05) is 42.7 Å². The molecule has 0 saturated heterocycles. The molecule has 3 nitrogen and oxygen atoms in total. The van der Waals surface area contributed by atoms with Gasteiger partial charge in [0.05, 0.1) is 18.7 Å². The molecule has 2 heterocycles. The van der Waals surface area contributed by atoms with E-state index in [1.165, 1.54) is 26.3 Å². The molecule has 1 atom stereocenters. The van der Waals surface area contributed by atoms with Crippen LogP contribution in [0.2, 0.25) is 0 Å². The molecule has 1 aliphatic rings. The number of hydrogen-bond acceptors (Lipinski definition) is 2. The zero-order valence-electron chi connectivity index (χ0n) is 19.2. The Kier molecular flexibility index (Phi) is 4.64. The SMILES string of the molecule is COc1ccc2c(c1)c1cccc(-c3cccc4c3oc3ccccc34)c1n2C1CC=CC=C1Br. The predicted molar refractivity (Wildman–Crippen MR) is 149 cm³/mol. The molecule has 0 spiro atoms. The second-order valence-electron chi connectivity index (χ2n) is 8.97. The summed E-state index contributed by atoms with van der Waals surface area (Å²) in [7, 11) is 1.72. The lowest BCUT2D eigenvalue weighted by Gasteiger charge is -2.23. The summed E-state index contributed by atoms with van der Waals surface area (Å²) in [5.74, 6) is 0.861. The Bertz CT molecular complexity index is 1840. The lowest BCUT2D eigenvalue weighted by atomic mass is 9.99. The highest BCUT2D eigenvalue weighted by Gasteiger charge is 2.24. The van der Waals surface area contributed by atoms with Crippen molar-refractivity contribution in [1.82, 2.24) is 4.57 Å². The molecule has 1 unspecified atom stereocenters. The standard InChI is InChI=1S/C31H22BrNO2/c1-34-19-16-17-27-25(18-19)22-10-6-9-21(30(22)33(27)28-14-4-3-13-26(28)32)24-12-7-11-23-20-8-2-5-15-29(20)35-31(23)24/h2-13,15-18,28H,14H2,1H3. The highest BCUT2D eigenvalue weighted by atomic mass is 79.9. The van der Waals surface area contributed by atoms with Crippen molar-refractivity contribution < 1.29 is 9.15 Å². The van der Waals surface area contributed by atoms with Gasteiger partial charge in [-0.3, -0.25) is 0 Å². The van der Waals surface area contributed by atoms with Crippen molar-refractivity contribution >= 4 is 59.7 Å². The number of aromatic nitrogens is 1. The molecule has 170 valence electrons. The summed E-state index contributed by atoms with van der Waals surface area (Å²) in [6, 6.07) is 27.8. The summed E-state index contributed by atoms with van der Waals surface area (Å²) in [6.45, 7) is 0. The first kappa shape index (κ1) is 20.6. The van der Waals surface area contributed by atoms with Gasteiger partial charge in [-0.25, -0.2) is 0 Å². The smallest absolute Gasteiger partial charge is 0.143 e. The Morgan fingerprint density at radius 1 is 0.857 bits per heavy atom. The third-order valence-corrected chi connectivity index (χ3v) is 7.90. The van der Waals surface area contributed by atoms with Crippen molar-refractivity contribution in [3.05, 3.63) is 102 Å². The molecule has 6 aromatic rings. The number of nitrogens with zero attached hydrogens (tertiary/aromatic N) is 1. The maximum Gasteiger partial charge on any atom is 0.143 e. The van der Waals surface area contributed by atoms with Crippen LogP contribution in [0.25, 0.3) is 54.9 Å². The van der Waals surface area contributed by atoms with E-state index in [9.17, 15) is 0 Å². The number of benzene rings is 4. The molecule has 0 fully saturated rings. The van der Waals surface area contributed by atoms with Crippen molar-refractivity contribution in [2.75, 3.05) is 7.11 Å². The van der Waals surface area contributed by atoms with Gasteiger partial charge >= 0.3 is 0 Å². The third kappa shape index (κ3) is 3.03. The maximum atomic E-state index is 6.44. The minimum Gasteiger partial charge on any atom is -0.497 e. The normalized spacial score (nSPS) is 15.9. The van der Waals surface area contributed by atoms with Gasteiger partial charge in [0.15, 0.2) is 0 Å². The quantitative estimate of drug-likeness (QED) is 0.233. The Balaban J connectivity index is 1.62. The average molecular weight is 520 g/mol. The Morgan fingerprint density at radius 3 is 2.51 bits per heavy atom. The van der Waals surface area contributed by atoms with Crippen LogP contribution in [0.15, 0.2) is 106 Å². The molecule has 4 heteroatoms. The fourth-order valence-corrected chi connectivity index (χ4v) is 6.07. The van der Waals surface area contributed by atoms with Gasteiger partial charge in [-0.15, -0.1) is 0 Å². The molecule has 0 aliphatic heterocycles. The van der Waals surface area contributed by atoms with Crippen LogP contribution in [0, 0.1) is 0 Å². The zero-order chi connectivity index (χ0) is 23.5. The fraction of sp³-hybridized carbons (Fsp3) is 0.0968. The Labute approximate surface area is 211 Å². The topological polar surface area (TPSA) is 27.3 Å². The largest absolute Gasteiger partial charge is 0.497 e. The zero-order valence-corrected chi connectivity index (χ0v) is 20.7. The van der Waals surface area contributed by atoms with Gasteiger partial charge in [0.1, 0.15) is 16.9 Å². The summed E-state index contributed by atoms with van der Waals surface area (Å²) in [5, 5.41) is 4.68. The first-order valence-electron chi connectivity index (χ1n) is 11.8. The molecular weight excluding hydrogens is 498 g/mol. The second kappa shape index (κ2) is 7.89. The van der Waals surface area contributed by atoms with Gasteiger partial charge in [-0.05, 0) is 30.7 Å². The monoisotopic (exact) mass is 519 g/mol. The Morgan fingerprint density at radius 2 is 1.66 bits per heavy atom. The van der Waals surface area contributed by atoms with Crippen LogP contribution in [-0.2, 0) is 0 Å². The van der Waals surface area contributed by atoms with Crippen LogP contribution in [0.5, 0.6) is 5.75 Å². The van der Waals surface area contributed by atoms with Crippen LogP contribution in [0.1, 0.15) is 12.5 Å². The van der Waals surface area contributed by atoms with Gasteiger partial charge < -0.3 is 13.7 Å². The van der Waals surface area contributed by atoms with E-state index in [0.717, 1.165) is 45.2 Å². The van der Waals surface area contributed by atoms with Crippen LogP contribution in [-0.4, -0.2) is 11.7 Å². The lowest BCUT2D eigenvalue weighted by molar-refractivity contribution is 0.415. The molecule has 4 aromatic carbocycles. The highest BCUT2D eigenvalue weighted by Crippen LogP contribution is 2.45. The predicted octanol–water partition coefficient (Wildman–Crippen LogP) is 9.15. The number of allylic oxidation sites excluding steroid dienone is 4. The summed E-state index contributed by atoms with van der Waals surface area (Å²) in [4.78, 5) is 0. The van der Waals surface area contributed by atoms with Crippen LogP contribution < -0.4 is 4.74 Å². The molecule has 0 saturated carbocycles. The molecule has 0 N–H and O–H groups in total. The molecule has 2 aromatic heterocycles. The highest BCUT2D eigenvalue weighted by molar-refractivity contribution is 9.11. The molecule has 0 bridgehead atoms. The average Bonchev–Trinajstić information content (AvgIpc) is 3.44. The summed E-state index contributed by atoms with van der Waals surface area (Å²) in [6.07, 6.45) is 7.43. The lowest BCUT2D eigenvalue weighted by Crippen LogP contribution is -2.10. The van der Waals surface area contributed by atoms with Crippen molar-refractivity contribution in [1.29, 1.82) is 0 Å². The van der Waals surface area contributed by atoms with E-state index >= 15 is 0 Å². The minimum absolute atomic E-state index is 0.171. The van der Waals surface area contributed by atoms with Crippen molar-refractivity contribution in [2.24, 2.45) is 0 Å². The second-order valence-corrected chi connectivity index (χ2v) is 9.88. The van der Waals surface area contributed by atoms with E-state index in [-0.39, 0.29) is 6.04 Å². The molecule has 1 aliphatic carbocycles. The molecule has 0 amide bonds. The van der Waals surface area contributed by atoms with E-state index in [2.05, 4.69) is 99.4 Å². The molecule has 7 rings (SSSR count). The first-order valence-corrected chi connectivity index (χ1v) is 12.6. The van der Waals surface area contributed by atoms with E-state index in [1.807, 2.05) is 18.2 Å². The number of rotatable bonds is 3. The number of para-hydroxylation sites is 3. The maximum absolute atomic E-state index is 6.44. The van der Waals surface area contributed by atoms with E-state index in [0.29, 0.717) is 0 Å². The fourth-order valence-electron chi connectivity index (χ4n) is 5.53. The minimum atomic E-state index is 0.171. The number of fused-ring (bicyclic) bond motifs is 6. The van der Waals surface area contributed by atoms with Crippen molar-refractivity contribution in [2.45, 2.75) is 12.5 Å². The number of halogens is 1. The summed E-state index contributed by atoms with van der Waals surface area (Å²) < 4.78 is 15.7. The molecule has 0 radical (unpaired) electrons. The number of hydrogen-bond donors (Lipinski definition) is 0. The van der Waals surface area contributed by atoms with Gasteiger partial charge in [0.25, 0.3) is 0 Å². The van der Waals surface area contributed by atoms with Crippen LogP contribution in [0.4, 0.5) is 0 Å². The van der Waals surface area contributed by atoms with Crippen LogP contribution >= 0.6 is 15.9 Å². The van der Waals surface area contributed by atoms with Crippen LogP contribution in [0.3, 0.4) is 0 Å². The number of furan rings is 1. The summed E-state index contributed by atoms with van der Waals surface area (Å²) >= 11 is 3.87. The van der Waals surface area contributed by atoms with Gasteiger partial charge in [-0.1, -0.05) is 88.8 Å². The van der Waals surface area contributed by atoms with Gasteiger partial charge in [0.2, 0.25) is 0 Å². The molecule has 35 heavy (non-hydrogen) atoms. The third-order valence-electron chi connectivity index (χ3n) is 7.11.